The molecule has 0 radical (unpaired) electrons. The van der Waals surface area contributed by atoms with Crippen molar-refractivity contribution in [2.45, 2.75) is 0 Å². The van der Waals surface area contributed by atoms with Gasteiger partial charge in [-0.05, 0) is 12.1 Å². The number of pyridine rings is 1. The Morgan fingerprint density at radius 3 is 2.70 bits per heavy atom. The Bertz CT molecular complexity index is 805. The molecule has 1 aliphatic heterocycles. The molecule has 0 spiro atoms. The van der Waals surface area contributed by atoms with Gasteiger partial charge in [0.2, 0.25) is 5.95 Å². The van der Waals surface area contributed by atoms with Crippen LogP contribution in [0.2, 0.25) is 0 Å². The SMILES string of the molecule is c1cc(Nc2ncnc3cnc(N4CCOCC4)nc23)ccn1. The van der Waals surface area contributed by atoms with E-state index in [0.717, 1.165) is 18.8 Å². The molecule has 3 aromatic rings. The van der Waals surface area contributed by atoms with E-state index in [-0.39, 0.29) is 0 Å². The number of ether oxygens (including phenoxy) is 1. The van der Waals surface area contributed by atoms with Crippen molar-refractivity contribution >= 4 is 28.5 Å². The second kappa shape index (κ2) is 6.09. The number of nitrogens with one attached hydrogen (secondary N) is 1. The second-order valence-corrected chi connectivity index (χ2v) is 5.09. The first-order valence-electron chi connectivity index (χ1n) is 7.38. The number of hydrogen-bond acceptors (Lipinski definition) is 8. The van der Waals surface area contributed by atoms with Crippen molar-refractivity contribution in [2.75, 3.05) is 36.5 Å². The van der Waals surface area contributed by atoms with Crippen LogP contribution in [0.4, 0.5) is 17.5 Å². The summed E-state index contributed by atoms with van der Waals surface area (Å²) in [5, 5.41) is 3.25. The minimum atomic E-state index is 0.651. The molecule has 3 aromatic heterocycles. The van der Waals surface area contributed by atoms with Gasteiger partial charge < -0.3 is 15.0 Å². The Morgan fingerprint density at radius 1 is 1.04 bits per heavy atom. The standard InChI is InChI=1S/C15H15N7O/c1-3-16-4-2-11(1)20-14-13-12(18-10-19-14)9-17-15(21-13)22-5-7-23-8-6-22/h1-4,9-10H,5-8H2,(H,16,18,19,20). The van der Waals surface area contributed by atoms with Crippen molar-refractivity contribution in [2.24, 2.45) is 0 Å². The molecule has 1 aliphatic rings. The van der Waals surface area contributed by atoms with Crippen LogP contribution >= 0.6 is 0 Å². The number of nitrogens with zero attached hydrogens (tertiary/aromatic N) is 6. The Labute approximate surface area is 132 Å². The Kier molecular flexibility index (Phi) is 3.65. The fourth-order valence-electron chi connectivity index (χ4n) is 2.42. The number of rotatable bonds is 3. The summed E-state index contributed by atoms with van der Waals surface area (Å²) in [6.07, 6.45) is 6.68. The van der Waals surface area contributed by atoms with E-state index in [2.05, 4.69) is 35.1 Å². The molecule has 4 heterocycles. The fraction of sp³-hybridized carbons (Fsp3) is 0.267. The summed E-state index contributed by atoms with van der Waals surface area (Å²) in [6, 6.07) is 3.75. The summed E-state index contributed by atoms with van der Waals surface area (Å²) in [5.74, 6) is 1.33. The van der Waals surface area contributed by atoms with Crippen molar-refractivity contribution in [1.29, 1.82) is 0 Å². The zero-order valence-electron chi connectivity index (χ0n) is 12.4. The second-order valence-electron chi connectivity index (χ2n) is 5.09. The Morgan fingerprint density at radius 2 is 1.87 bits per heavy atom. The van der Waals surface area contributed by atoms with Crippen LogP contribution in [0.5, 0.6) is 0 Å². The molecule has 0 saturated carbocycles. The average Bonchev–Trinajstić information content (AvgIpc) is 2.63. The van der Waals surface area contributed by atoms with Gasteiger partial charge in [-0.3, -0.25) is 4.98 Å². The predicted octanol–water partition coefficient (Wildman–Crippen LogP) is 1.40. The van der Waals surface area contributed by atoms with Crippen LogP contribution in [-0.4, -0.2) is 51.2 Å². The number of fused-ring (bicyclic) bond motifs is 1. The third kappa shape index (κ3) is 2.88. The summed E-state index contributed by atoms with van der Waals surface area (Å²) < 4.78 is 5.37. The van der Waals surface area contributed by atoms with Crippen LogP contribution in [0.3, 0.4) is 0 Å². The summed E-state index contributed by atoms with van der Waals surface area (Å²) in [7, 11) is 0. The van der Waals surface area contributed by atoms with E-state index < -0.39 is 0 Å². The molecule has 1 fully saturated rings. The van der Waals surface area contributed by atoms with E-state index in [1.54, 1.807) is 18.6 Å². The van der Waals surface area contributed by atoms with Gasteiger partial charge in [-0.15, -0.1) is 0 Å². The largest absolute Gasteiger partial charge is 0.378 e. The van der Waals surface area contributed by atoms with Gasteiger partial charge in [0.15, 0.2) is 5.82 Å². The van der Waals surface area contributed by atoms with Gasteiger partial charge in [0.1, 0.15) is 17.4 Å². The molecule has 0 aromatic carbocycles. The molecule has 8 nitrogen and oxygen atoms in total. The van der Waals surface area contributed by atoms with Crippen LogP contribution in [0.1, 0.15) is 0 Å². The maximum Gasteiger partial charge on any atom is 0.226 e. The zero-order valence-corrected chi connectivity index (χ0v) is 12.4. The molecule has 0 amide bonds. The molecule has 1 saturated heterocycles. The van der Waals surface area contributed by atoms with Crippen molar-refractivity contribution in [3.05, 3.63) is 37.1 Å². The van der Waals surface area contributed by atoms with Crippen molar-refractivity contribution in [3.8, 4) is 0 Å². The minimum absolute atomic E-state index is 0.651. The van der Waals surface area contributed by atoms with Gasteiger partial charge in [0.05, 0.1) is 19.4 Å². The molecule has 0 unspecified atom stereocenters. The van der Waals surface area contributed by atoms with E-state index in [0.29, 0.717) is 36.0 Å². The van der Waals surface area contributed by atoms with E-state index in [1.807, 2.05) is 12.1 Å². The van der Waals surface area contributed by atoms with Gasteiger partial charge in [-0.1, -0.05) is 0 Å². The first-order chi connectivity index (χ1) is 11.4. The lowest BCUT2D eigenvalue weighted by atomic mass is 10.3. The van der Waals surface area contributed by atoms with Crippen molar-refractivity contribution in [1.82, 2.24) is 24.9 Å². The highest BCUT2D eigenvalue weighted by Crippen LogP contribution is 2.22. The van der Waals surface area contributed by atoms with Crippen LogP contribution in [0, 0.1) is 0 Å². The molecule has 0 aliphatic carbocycles. The first-order valence-corrected chi connectivity index (χ1v) is 7.38. The van der Waals surface area contributed by atoms with E-state index in [4.69, 9.17) is 4.74 Å². The first kappa shape index (κ1) is 13.8. The maximum atomic E-state index is 5.37. The molecule has 1 N–H and O–H groups in total. The third-order valence-electron chi connectivity index (χ3n) is 3.60. The molecule has 0 bridgehead atoms. The van der Waals surface area contributed by atoms with E-state index in [9.17, 15) is 0 Å². The minimum Gasteiger partial charge on any atom is -0.378 e. The zero-order chi connectivity index (χ0) is 15.5. The topological polar surface area (TPSA) is 89.0 Å². The summed E-state index contributed by atoms with van der Waals surface area (Å²) in [6.45, 7) is 2.95. The van der Waals surface area contributed by atoms with Crippen molar-refractivity contribution in [3.63, 3.8) is 0 Å². The lowest BCUT2D eigenvalue weighted by molar-refractivity contribution is 0.122. The smallest absolute Gasteiger partial charge is 0.226 e. The van der Waals surface area contributed by atoms with Gasteiger partial charge in [0.25, 0.3) is 0 Å². The van der Waals surface area contributed by atoms with Crippen LogP contribution in [-0.2, 0) is 4.74 Å². The Balaban J connectivity index is 1.72. The predicted molar refractivity (Wildman–Crippen MR) is 85.7 cm³/mol. The lowest BCUT2D eigenvalue weighted by Crippen LogP contribution is -2.37. The van der Waals surface area contributed by atoms with Crippen molar-refractivity contribution < 1.29 is 4.74 Å². The highest BCUT2D eigenvalue weighted by molar-refractivity contribution is 5.87. The van der Waals surface area contributed by atoms with Gasteiger partial charge in [-0.25, -0.2) is 19.9 Å². The molecule has 23 heavy (non-hydrogen) atoms. The van der Waals surface area contributed by atoms with Crippen LogP contribution in [0.25, 0.3) is 11.0 Å². The quantitative estimate of drug-likeness (QED) is 0.776. The van der Waals surface area contributed by atoms with Crippen LogP contribution < -0.4 is 10.2 Å². The number of hydrogen-bond donors (Lipinski definition) is 1. The van der Waals surface area contributed by atoms with Gasteiger partial charge >= 0.3 is 0 Å². The van der Waals surface area contributed by atoms with E-state index >= 15 is 0 Å². The summed E-state index contributed by atoms with van der Waals surface area (Å²) >= 11 is 0. The van der Waals surface area contributed by atoms with Gasteiger partial charge in [-0.2, -0.15) is 0 Å². The monoisotopic (exact) mass is 309 g/mol. The molecule has 0 atom stereocenters. The normalized spacial score (nSPS) is 14.9. The molecule has 116 valence electrons. The third-order valence-corrected chi connectivity index (χ3v) is 3.60. The summed E-state index contributed by atoms with van der Waals surface area (Å²) in [5.41, 5.74) is 2.29. The number of aromatic nitrogens is 5. The van der Waals surface area contributed by atoms with Gasteiger partial charge in [0, 0.05) is 31.2 Å². The van der Waals surface area contributed by atoms with Crippen LogP contribution in [0.15, 0.2) is 37.1 Å². The van der Waals surface area contributed by atoms with E-state index in [1.165, 1.54) is 6.33 Å². The molecular formula is C15H15N7O. The lowest BCUT2D eigenvalue weighted by Gasteiger charge is -2.26. The fourth-order valence-corrected chi connectivity index (χ4v) is 2.42. The average molecular weight is 309 g/mol. The highest BCUT2D eigenvalue weighted by atomic mass is 16.5. The molecule has 8 heteroatoms. The molecule has 4 rings (SSSR count). The summed E-state index contributed by atoms with van der Waals surface area (Å²) in [4.78, 5) is 23.7. The molecular weight excluding hydrogens is 294 g/mol. The Hall–Kier alpha value is -2.87. The maximum absolute atomic E-state index is 5.37. The highest BCUT2D eigenvalue weighted by Gasteiger charge is 2.15. The number of morpholine rings is 1. The number of anilines is 3.